The van der Waals surface area contributed by atoms with E-state index in [0.717, 1.165) is 19.4 Å². The predicted molar refractivity (Wildman–Crippen MR) is 49.9 cm³/mol. The molecule has 0 aromatic carbocycles. The zero-order valence-corrected chi connectivity index (χ0v) is 8.15. The van der Waals surface area contributed by atoms with Crippen molar-refractivity contribution in [3.8, 4) is 0 Å². The van der Waals surface area contributed by atoms with Gasteiger partial charge in [0.2, 0.25) is 5.91 Å². The quantitative estimate of drug-likeness (QED) is 0.688. The lowest BCUT2D eigenvalue weighted by atomic mass is 9.75. The van der Waals surface area contributed by atoms with Gasteiger partial charge in [0.1, 0.15) is 0 Å². The van der Waals surface area contributed by atoms with Gasteiger partial charge in [-0.15, -0.1) is 0 Å². The standard InChI is InChI=1S/C10H19NO/c1-3-6-10(4-2)7-5-9(12)11-8-10/h3-8H2,1-2H3,(H,11,12). The van der Waals surface area contributed by atoms with Crippen molar-refractivity contribution in [3.05, 3.63) is 0 Å². The molecule has 0 aromatic heterocycles. The van der Waals surface area contributed by atoms with Crippen LogP contribution in [0.5, 0.6) is 0 Å². The smallest absolute Gasteiger partial charge is 0.220 e. The maximum Gasteiger partial charge on any atom is 0.220 e. The largest absolute Gasteiger partial charge is 0.356 e. The van der Waals surface area contributed by atoms with Crippen LogP contribution in [0.15, 0.2) is 0 Å². The van der Waals surface area contributed by atoms with E-state index in [1.54, 1.807) is 0 Å². The molecule has 12 heavy (non-hydrogen) atoms. The molecule has 0 bridgehead atoms. The zero-order chi connectivity index (χ0) is 9.03. The van der Waals surface area contributed by atoms with Gasteiger partial charge in [0.15, 0.2) is 0 Å². The highest BCUT2D eigenvalue weighted by molar-refractivity contribution is 5.76. The highest BCUT2D eigenvalue weighted by atomic mass is 16.1. The molecule has 70 valence electrons. The van der Waals surface area contributed by atoms with Gasteiger partial charge in [-0.3, -0.25) is 4.79 Å². The second-order valence-electron chi connectivity index (χ2n) is 3.88. The van der Waals surface area contributed by atoms with E-state index in [2.05, 4.69) is 19.2 Å². The van der Waals surface area contributed by atoms with Crippen molar-refractivity contribution in [1.29, 1.82) is 0 Å². The van der Waals surface area contributed by atoms with E-state index in [9.17, 15) is 4.79 Å². The summed E-state index contributed by atoms with van der Waals surface area (Å²) < 4.78 is 0. The lowest BCUT2D eigenvalue weighted by Gasteiger charge is -2.36. The number of carbonyl (C=O) groups is 1. The van der Waals surface area contributed by atoms with Crippen LogP contribution in [0.25, 0.3) is 0 Å². The van der Waals surface area contributed by atoms with Crippen molar-refractivity contribution in [1.82, 2.24) is 5.32 Å². The maximum atomic E-state index is 11.0. The molecule has 0 aromatic rings. The molecule has 1 aliphatic heterocycles. The summed E-state index contributed by atoms with van der Waals surface area (Å²) >= 11 is 0. The molecule has 1 unspecified atom stereocenters. The fraction of sp³-hybridized carbons (Fsp3) is 0.900. The van der Waals surface area contributed by atoms with Gasteiger partial charge >= 0.3 is 0 Å². The van der Waals surface area contributed by atoms with Crippen molar-refractivity contribution in [2.45, 2.75) is 46.0 Å². The average molecular weight is 169 g/mol. The fourth-order valence-electron chi connectivity index (χ4n) is 2.06. The Kier molecular flexibility index (Phi) is 3.12. The van der Waals surface area contributed by atoms with E-state index < -0.39 is 0 Å². The van der Waals surface area contributed by atoms with Crippen LogP contribution in [-0.4, -0.2) is 12.5 Å². The number of amides is 1. The van der Waals surface area contributed by atoms with Crippen LogP contribution < -0.4 is 5.32 Å². The van der Waals surface area contributed by atoms with E-state index >= 15 is 0 Å². The molecule has 1 aliphatic rings. The van der Waals surface area contributed by atoms with Crippen LogP contribution in [-0.2, 0) is 4.79 Å². The van der Waals surface area contributed by atoms with Gasteiger partial charge in [-0.25, -0.2) is 0 Å². The van der Waals surface area contributed by atoms with E-state index in [-0.39, 0.29) is 5.91 Å². The van der Waals surface area contributed by atoms with Gasteiger partial charge in [-0.05, 0) is 24.7 Å². The van der Waals surface area contributed by atoms with E-state index in [4.69, 9.17) is 0 Å². The minimum absolute atomic E-state index is 0.232. The minimum atomic E-state index is 0.232. The van der Waals surface area contributed by atoms with Crippen molar-refractivity contribution in [2.24, 2.45) is 5.41 Å². The van der Waals surface area contributed by atoms with Gasteiger partial charge in [0, 0.05) is 13.0 Å². The number of hydrogen-bond donors (Lipinski definition) is 1. The summed E-state index contributed by atoms with van der Waals surface area (Å²) in [4.78, 5) is 11.0. The molecule has 0 aliphatic carbocycles. The third kappa shape index (κ3) is 1.99. The fourth-order valence-corrected chi connectivity index (χ4v) is 2.06. The van der Waals surface area contributed by atoms with Crippen LogP contribution in [0.1, 0.15) is 46.0 Å². The number of hydrogen-bond acceptors (Lipinski definition) is 1. The highest BCUT2D eigenvalue weighted by Gasteiger charge is 2.31. The predicted octanol–water partition coefficient (Wildman–Crippen LogP) is 2.09. The first-order valence-corrected chi connectivity index (χ1v) is 4.99. The Morgan fingerprint density at radius 3 is 2.67 bits per heavy atom. The van der Waals surface area contributed by atoms with Crippen molar-refractivity contribution in [2.75, 3.05) is 6.54 Å². The molecule has 1 amide bonds. The van der Waals surface area contributed by atoms with Gasteiger partial charge in [-0.1, -0.05) is 20.3 Å². The molecular formula is C10H19NO. The third-order valence-electron chi connectivity index (χ3n) is 3.07. The summed E-state index contributed by atoms with van der Waals surface area (Å²) in [6.07, 6.45) is 5.49. The topological polar surface area (TPSA) is 29.1 Å². The monoisotopic (exact) mass is 169 g/mol. The van der Waals surface area contributed by atoms with Gasteiger partial charge < -0.3 is 5.32 Å². The molecule has 0 spiro atoms. The molecule has 0 radical (unpaired) electrons. The molecule has 1 rings (SSSR count). The molecule has 1 N–H and O–H groups in total. The van der Waals surface area contributed by atoms with E-state index in [0.29, 0.717) is 5.41 Å². The number of carbonyl (C=O) groups excluding carboxylic acids is 1. The molecular weight excluding hydrogens is 150 g/mol. The Morgan fingerprint density at radius 1 is 1.50 bits per heavy atom. The Morgan fingerprint density at radius 2 is 2.25 bits per heavy atom. The Balaban J connectivity index is 2.50. The van der Waals surface area contributed by atoms with Crippen LogP contribution in [0.4, 0.5) is 0 Å². The van der Waals surface area contributed by atoms with Crippen molar-refractivity contribution >= 4 is 5.91 Å². The SMILES string of the molecule is CCCC1(CC)CCC(=O)NC1. The molecule has 2 nitrogen and oxygen atoms in total. The van der Waals surface area contributed by atoms with Gasteiger partial charge in [-0.2, -0.15) is 0 Å². The van der Waals surface area contributed by atoms with Crippen LogP contribution in [0.2, 0.25) is 0 Å². The van der Waals surface area contributed by atoms with E-state index in [1.807, 2.05) is 0 Å². The highest BCUT2D eigenvalue weighted by Crippen LogP contribution is 2.34. The molecule has 1 saturated heterocycles. The molecule has 2 heteroatoms. The first-order chi connectivity index (χ1) is 5.72. The number of piperidine rings is 1. The number of nitrogens with one attached hydrogen (secondary N) is 1. The lowest BCUT2D eigenvalue weighted by molar-refractivity contribution is -0.124. The summed E-state index contributed by atoms with van der Waals surface area (Å²) in [6, 6.07) is 0. The lowest BCUT2D eigenvalue weighted by Crippen LogP contribution is -2.42. The van der Waals surface area contributed by atoms with Gasteiger partial charge in [0.25, 0.3) is 0 Å². The summed E-state index contributed by atoms with van der Waals surface area (Å²) in [7, 11) is 0. The Hall–Kier alpha value is -0.530. The normalized spacial score (nSPS) is 30.0. The first kappa shape index (κ1) is 9.56. The zero-order valence-electron chi connectivity index (χ0n) is 8.15. The molecule has 1 atom stereocenters. The third-order valence-corrected chi connectivity index (χ3v) is 3.07. The number of rotatable bonds is 3. The van der Waals surface area contributed by atoms with Gasteiger partial charge in [0.05, 0.1) is 0 Å². The maximum absolute atomic E-state index is 11.0. The van der Waals surface area contributed by atoms with Crippen LogP contribution in [0.3, 0.4) is 0 Å². The summed E-state index contributed by atoms with van der Waals surface area (Å²) in [6.45, 7) is 5.34. The molecule has 1 heterocycles. The Labute approximate surface area is 74.7 Å². The minimum Gasteiger partial charge on any atom is -0.356 e. The summed E-state index contributed by atoms with van der Waals surface area (Å²) in [5, 5.41) is 2.97. The van der Waals surface area contributed by atoms with Crippen LogP contribution in [0, 0.1) is 5.41 Å². The summed E-state index contributed by atoms with van der Waals surface area (Å²) in [5.74, 6) is 0.232. The second kappa shape index (κ2) is 3.92. The van der Waals surface area contributed by atoms with Crippen molar-refractivity contribution in [3.63, 3.8) is 0 Å². The summed E-state index contributed by atoms with van der Waals surface area (Å²) in [5.41, 5.74) is 0.419. The first-order valence-electron chi connectivity index (χ1n) is 4.99. The molecule has 0 saturated carbocycles. The Bertz CT molecular complexity index is 155. The van der Waals surface area contributed by atoms with E-state index in [1.165, 1.54) is 19.3 Å². The molecule has 1 fully saturated rings. The van der Waals surface area contributed by atoms with Crippen molar-refractivity contribution < 1.29 is 4.79 Å². The second-order valence-corrected chi connectivity index (χ2v) is 3.88. The average Bonchev–Trinajstić information content (AvgIpc) is 2.10. The van der Waals surface area contributed by atoms with Crippen LogP contribution >= 0.6 is 0 Å².